The average Bonchev–Trinajstić information content (AvgIpc) is 3.07. The van der Waals surface area contributed by atoms with Crippen molar-refractivity contribution >= 4 is 46.5 Å². The summed E-state index contributed by atoms with van der Waals surface area (Å²) in [6, 6.07) is 12.3. The van der Waals surface area contributed by atoms with E-state index in [1.54, 1.807) is 31.2 Å². The maximum atomic E-state index is 12.5. The maximum absolute atomic E-state index is 12.5. The quantitative estimate of drug-likeness (QED) is 0.424. The summed E-state index contributed by atoms with van der Waals surface area (Å²) < 4.78 is 15.8. The molecule has 2 aromatic rings. The molecular weight excluding hydrogens is 460 g/mol. The third kappa shape index (κ3) is 6.16. The number of carbonyl (C=O) groups is 4. The Labute approximate surface area is 201 Å². The van der Waals surface area contributed by atoms with Gasteiger partial charge in [-0.15, -0.1) is 0 Å². The van der Waals surface area contributed by atoms with E-state index in [1.165, 1.54) is 13.2 Å². The number of esters is 1. The highest BCUT2D eigenvalue weighted by Gasteiger charge is 2.36. The Morgan fingerprint density at radius 1 is 1.12 bits per heavy atom. The van der Waals surface area contributed by atoms with Gasteiger partial charge in [0.15, 0.2) is 18.1 Å². The number of nitrogens with zero attached hydrogens (tertiary/aromatic N) is 1. The number of benzene rings is 2. The summed E-state index contributed by atoms with van der Waals surface area (Å²) in [6.45, 7) is 3.03. The summed E-state index contributed by atoms with van der Waals surface area (Å²) in [5.74, 6) is -0.857. The predicted molar refractivity (Wildman–Crippen MR) is 128 cm³/mol. The molecule has 0 radical (unpaired) electrons. The number of imide groups is 1. The molecular formula is C24H24N2O7S. The lowest BCUT2D eigenvalue weighted by molar-refractivity contribution is -0.146. The van der Waals surface area contributed by atoms with Crippen LogP contribution in [0.2, 0.25) is 0 Å². The number of thioether (sulfide) groups is 1. The smallest absolute Gasteiger partial charge is 0.326 e. The van der Waals surface area contributed by atoms with E-state index in [4.69, 9.17) is 14.2 Å². The third-order valence-corrected chi connectivity index (χ3v) is 5.64. The standard InChI is InChI=1S/C24H24N2O7S/c1-4-32-22(28)13-26-23(29)20(34-24(26)30)12-16-9-10-18(19(11-16)31-3)33-14-21(27)25-17-8-6-5-7-15(17)2/h5-12H,4,13-14H2,1-3H3,(H,25,27)/b20-12-. The van der Waals surface area contributed by atoms with Crippen LogP contribution in [0.25, 0.3) is 6.08 Å². The van der Waals surface area contributed by atoms with Crippen LogP contribution in [0.1, 0.15) is 18.1 Å². The molecule has 0 atom stereocenters. The van der Waals surface area contributed by atoms with Crippen molar-refractivity contribution in [3.8, 4) is 11.5 Å². The number of ether oxygens (including phenoxy) is 3. The summed E-state index contributed by atoms with van der Waals surface area (Å²) >= 11 is 0.736. The highest BCUT2D eigenvalue weighted by atomic mass is 32.2. The molecule has 0 spiro atoms. The molecule has 0 aromatic heterocycles. The Morgan fingerprint density at radius 3 is 2.59 bits per heavy atom. The van der Waals surface area contributed by atoms with Crippen molar-refractivity contribution in [2.24, 2.45) is 0 Å². The van der Waals surface area contributed by atoms with Gasteiger partial charge < -0.3 is 19.5 Å². The minimum atomic E-state index is -0.652. The number of anilines is 1. The lowest BCUT2D eigenvalue weighted by atomic mass is 10.2. The number of hydrogen-bond acceptors (Lipinski definition) is 8. The number of amides is 3. The Balaban J connectivity index is 1.66. The molecule has 0 bridgehead atoms. The zero-order valence-electron chi connectivity index (χ0n) is 19.0. The fraction of sp³-hybridized carbons (Fsp3) is 0.250. The van der Waals surface area contributed by atoms with Crippen molar-refractivity contribution < 1.29 is 33.4 Å². The van der Waals surface area contributed by atoms with Gasteiger partial charge in [0.2, 0.25) is 0 Å². The van der Waals surface area contributed by atoms with Crippen LogP contribution in [-0.4, -0.2) is 54.8 Å². The molecule has 0 saturated carbocycles. The monoisotopic (exact) mass is 484 g/mol. The Hall–Kier alpha value is -3.79. The van der Waals surface area contributed by atoms with Crippen molar-refractivity contribution in [2.45, 2.75) is 13.8 Å². The van der Waals surface area contributed by atoms with Crippen LogP contribution in [0.4, 0.5) is 10.5 Å². The van der Waals surface area contributed by atoms with Crippen molar-refractivity contribution in [2.75, 3.05) is 32.2 Å². The molecule has 3 amide bonds. The first-order chi connectivity index (χ1) is 16.3. The topological polar surface area (TPSA) is 111 Å². The van der Waals surface area contributed by atoms with Crippen molar-refractivity contribution in [3.05, 3.63) is 58.5 Å². The zero-order chi connectivity index (χ0) is 24.7. The Morgan fingerprint density at radius 2 is 1.88 bits per heavy atom. The first kappa shape index (κ1) is 24.8. The number of hydrogen-bond donors (Lipinski definition) is 1. The van der Waals surface area contributed by atoms with Crippen LogP contribution < -0.4 is 14.8 Å². The van der Waals surface area contributed by atoms with Crippen molar-refractivity contribution in [1.29, 1.82) is 0 Å². The van der Waals surface area contributed by atoms with Gasteiger partial charge in [-0.25, -0.2) is 0 Å². The first-order valence-corrected chi connectivity index (χ1v) is 11.2. The summed E-state index contributed by atoms with van der Waals surface area (Å²) in [4.78, 5) is 49.6. The van der Waals surface area contributed by atoms with Gasteiger partial charge >= 0.3 is 5.97 Å². The molecule has 1 heterocycles. The van der Waals surface area contributed by atoms with E-state index in [0.29, 0.717) is 22.7 Å². The van der Waals surface area contributed by atoms with E-state index in [9.17, 15) is 19.2 Å². The van der Waals surface area contributed by atoms with Crippen LogP contribution >= 0.6 is 11.8 Å². The molecule has 0 unspecified atom stereocenters. The van der Waals surface area contributed by atoms with Gasteiger partial charge in [-0.3, -0.25) is 24.1 Å². The maximum Gasteiger partial charge on any atom is 0.326 e. The largest absolute Gasteiger partial charge is 0.493 e. The SMILES string of the molecule is CCOC(=O)CN1C(=O)S/C(=C\c2ccc(OCC(=O)Nc3ccccc3C)c(OC)c2)C1=O. The summed E-state index contributed by atoms with van der Waals surface area (Å²) in [6.07, 6.45) is 1.52. The van der Waals surface area contributed by atoms with Crippen LogP contribution in [0.3, 0.4) is 0 Å². The average molecular weight is 485 g/mol. The molecule has 178 valence electrons. The predicted octanol–water partition coefficient (Wildman–Crippen LogP) is 3.62. The van der Waals surface area contributed by atoms with Crippen LogP contribution in [-0.2, 0) is 19.1 Å². The van der Waals surface area contributed by atoms with Crippen molar-refractivity contribution in [3.63, 3.8) is 0 Å². The number of methoxy groups -OCH3 is 1. The molecule has 3 rings (SSSR count). The van der Waals surface area contributed by atoms with E-state index in [-0.39, 0.29) is 24.0 Å². The molecule has 9 nitrogen and oxygen atoms in total. The lowest BCUT2D eigenvalue weighted by Gasteiger charge is -2.12. The summed E-state index contributed by atoms with van der Waals surface area (Å²) in [5.41, 5.74) is 2.22. The molecule has 1 saturated heterocycles. The van der Waals surface area contributed by atoms with Crippen molar-refractivity contribution in [1.82, 2.24) is 4.90 Å². The van der Waals surface area contributed by atoms with Crippen LogP contribution in [0, 0.1) is 6.92 Å². The molecule has 1 aliphatic heterocycles. The second-order valence-corrected chi connectivity index (χ2v) is 8.13. The third-order valence-electron chi connectivity index (χ3n) is 4.73. The molecule has 1 aliphatic rings. The summed E-state index contributed by atoms with van der Waals surface area (Å²) in [5, 5.41) is 2.24. The normalized spacial score (nSPS) is 14.3. The van der Waals surface area contributed by atoms with Crippen LogP contribution in [0.15, 0.2) is 47.4 Å². The number of para-hydroxylation sites is 1. The fourth-order valence-electron chi connectivity index (χ4n) is 3.06. The zero-order valence-corrected chi connectivity index (χ0v) is 19.8. The van der Waals surface area contributed by atoms with Gasteiger partial charge in [0.1, 0.15) is 6.54 Å². The van der Waals surface area contributed by atoms with Gasteiger partial charge in [0, 0.05) is 5.69 Å². The molecule has 2 aromatic carbocycles. The first-order valence-electron chi connectivity index (χ1n) is 10.4. The number of rotatable bonds is 9. The minimum Gasteiger partial charge on any atom is -0.493 e. The van der Waals surface area contributed by atoms with E-state index in [1.807, 2.05) is 25.1 Å². The van der Waals surface area contributed by atoms with Crippen LogP contribution in [0.5, 0.6) is 11.5 Å². The van der Waals surface area contributed by atoms with E-state index in [2.05, 4.69) is 5.32 Å². The van der Waals surface area contributed by atoms with Gasteiger partial charge in [-0.2, -0.15) is 0 Å². The van der Waals surface area contributed by atoms with E-state index in [0.717, 1.165) is 22.2 Å². The minimum absolute atomic E-state index is 0.159. The fourth-order valence-corrected chi connectivity index (χ4v) is 3.90. The number of aryl methyl sites for hydroxylation is 1. The highest BCUT2D eigenvalue weighted by molar-refractivity contribution is 8.18. The van der Waals surface area contributed by atoms with Gasteiger partial charge in [-0.1, -0.05) is 24.3 Å². The summed E-state index contributed by atoms with van der Waals surface area (Å²) in [7, 11) is 1.45. The second kappa shape index (κ2) is 11.4. The molecule has 34 heavy (non-hydrogen) atoms. The van der Waals surface area contributed by atoms with E-state index >= 15 is 0 Å². The number of carbonyl (C=O) groups excluding carboxylic acids is 4. The lowest BCUT2D eigenvalue weighted by Crippen LogP contribution is -2.34. The highest BCUT2D eigenvalue weighted by Crippen LogP contribution is 2.34. The van der Waals surface area contributed by atoms with Gasteiger partial charge in [0.25, 0.3) is 17.1 Å². The Kier molecular flexibility index (Phi) is 8.31. The Bertz CT molecular complexity index is 1150. The molecule has 10 heteroatoms. The molecule has 1 N–H and O–H groups in total. The van der Waals surface area contributed by atoms with Gasteiger partial charge in [0.05, 0.1) is 18.6 Å². The van der Waals surface area contributed by atoms with E-state index < -0.39 is 23.7 Å². The number of nitrogens with one attached hydrogen (secondary N) is 1. The van der Waals surface area contributed by atoms with Gasteiger partial charge in [-0.05, 0) is 61.0 Å². The molecule has 0 aliphatic carbocycles. The second-order valence-electron chi connectivity index (χ2n) is 7.13. The molecule has 1 fully saturated rings.